The topological polar surface area (TPSA) is 70.7 Å². The zero-order chi connectivity index (χ0) is 11.6. The van der Waals surface area contributed by atoms with Gasteiger partial charge in [-0.1, -0.05) is 20.3 Å². The molecule has 1 amide bonds. The predicted octanol–water partition coefficient (Wildman–Crippen LogP) is 1.25. The third kappa shape index (κ3) is 2.23. The Hall–Kier alpha value is -1.39. The molecule has 0 saturated heterocycles. The normalized spacial score (nSPS) is 23.2. The molecule has 0 aromatic carbocycles. The summed E-state index contributed by atoms with van der Waals surface area (Å²) in [6, 6.07) is 0. The number of nitrogens with one attached hydrogen (secondary N) is 2. The van der Waals surface area contributed by atoms with E-state index in [1.54, 1.807) is 0 Å². The maximum Gasteiger partial charge on any atom is 0.224 e. The van der Waals surface area contributed by atoms with Crippen molar-refractivity contribution >= 4 is 5.91 Å². The van der Waals surface area contributed by atoms with Crippen LogP contribution < -0.4 is 5.32 Å². The third-order valence-electron chi connectivity index (χ3n) is 3.47. The van der Waals surface area contributed by atoms with Crippen LogP contribution in [0.15, 0.2) is 6.33 Å². The molecule has 0 bridgehead atoms. The van der Waals surface area contributed by atoms with Gasteiger partial charge in [-0.15, -0.1) is 0 Å². The molecule has 0 radical (unpaired) electrons. The second-order valence-electron chi connectivity index (χ2n) is 5.08. The molecule has 1 aliphatic carbocycles. The van der Waals surface area contributed by atoms with Crippen LogP contribution in [0.2, 0.25) is 0 Å². The number of aromatic nitrogens is 3. The van der Waals surface area contributed by atoms with Gasteiger partial charge < -0.3 is 5.32 Å². The van der Waals surface area contributed by atoms with Crippen LogP contribution in [0, 0.1) is 11.3 Å². The summed E-state index contributed by atoms with van der Waals surface area (Å²) >= 11 is 0. The maximum absolute atomic E-state index is 12.0. The van der Waals surface area contributed by atoms with Crippen LogP contribution in [0.25, 0.3) is 0 Å². The molecule has 16 heavy (non-hydrogen) atoms. The molecule has 0 aliphatic heterocycles. The lowest BCUT2D eigenvalue weighted by molar-refractivity contribution is -0.127. The Morgan fingerprint density at radius 1 is 1.69 bits per heavy atom. The summed E-state index contributed by atoms with van der Waals surface area (Å²) in [7, 11) is 0. The summed E-state index contributed by atoms with van der Waals surface area (Å²) in [6.45, 7) is 4.77. The number of carbonyl (C=O) groups excluding carboxylic acids is 1. The molecule has 0 spiro atoms. The van der Waals surface area contributed by atoms with E-state index in [0.717, 1.165) is 19.3 Å². The zero-order valence-electron chi connectivity index (χ0n) is 9.79. The van der Waals surface area contributed by atoms with E-state index in [1.165, 1.54) is 6.33 Å². The lowest BCUT2D eigenvalue weighted by Gasteiger charge is -2.25. The fraction of sp³-hybridized carbons (Fsp3) is 0.727. The maximum atomic E-state index is 12.0. The second kappa shape index (κ2) is 4.23. The van der Waals surface area contributed by atoms with Crippen LogP contribution in [0.3, 0.4) is 0 Å². The second-order valence-corrected chi connectivity index (χ2v) is 5.08. The molecule has 1 aromatic heterocycles. The summed E-state index contributed by atoms with van der Waals surface area (Å²) in [5, 5.41) is 9.38. The van der Waals surface area contributed by atoms with Crippen LogP contribution in [-0.2, 0) is 11.3 Å². The molecule has 1 unspecified atom stereocenters. The standard InChI is InChI=1S/C11H18N4O/c1-11(2)5-3-4-8(11)10(16)12-6-9-13-7-14-15-9/h7-8H,3-6H2,1-2H3,(H,12,16)(H,13,14,15). The number of amides is 1. The highest BCUT2D eigenvalue weighted by molar-refractivity contribution is 5.79. The molecule has 2 N–H and O–H groups in total. The van der Waals surface area contributed by atoms with Gasteiger partial charge in [0.25, 0.3) is 0 Å². The first-order chi connectivity index (χ1) is 7.59. The van der Waals surface area contributed by atoms with Crippen molar-refractivity contribution in [3.8, 4) is 0 Å². The lowest BCUT2D eigenvalue weighted by Crippen LogP contribution is -2.36. The minimum Gasteiger partial charge on any atom is -0.349 e. The first kappa shape index (κ1) is 11.1. The van der Waals surface area contributed by atoms with Crippen molar-refractivity contribution in [3.63, 3.8) is 0 Å². The summed E-state index contributed by atoms with van der Waals surface area (Å²) in [4.78, 5) is 16.0. The van der Waals surface area contributed by atoms with E-state index in [-0.39, 0.29) is 17.2 Å². The molecule has 2 rings (SSSR count). The van der Waals surface area contributed by atoms with Crippen molar-refractivity contribution in [1.29, 1.82) is 0 Å². The van der Waals surface area contributed by atoms with Crippen molar-refractivity contribution in [3.05, 3.63) is 12.2 Å². The first-order valence-corrected chi connectivity index (χ1v) is 5.71. The van der Waals surface area contributed by atoms with Crippen LogP contribution in [0.4, 0.5) is 0 Å². The first-order valence-electron chi connectivity index (χ1n) is 5.71. The van der Waals surface area contributed by atoms with Gasteiger partial charge in [0, 0.05) is 5.92 Å². The van der Waals surface area contributed by atoms with Gasteiger partial charge in [-0.3, -0.25) is 9.89 Å². The van der Waals surface area contributed by atoms with Gasteiger partial charge in [-0.2, -0.15) is 5.10 Å². The lowest BCUT2D eigenvalue weighted by atomic mass is 9.81. The Labute approximate surface area is 95.0 Å². The van der Waals surface area contributed by atoms with Crippen LogP contribution in [0.1, 0.15) is 38.9 Å². The van der Waals surface area contributed by atoms with Crippen molar-refractivity contribution in [1.82, 2.24) is 20.5 Å². The average molecular weight is 222 g/mol. The smallest absolute Gasteiger partial charge is 0.224 e. The predicted molar refractivity (Wildman–Crippen MR) is 59.4 cm³/mol. The molecule has 88 valence electrons. The van der Waals surface area contributed by atoms with Crippen LogP contribution >= 0.6 is 0 Å². The minimum atomic E-state index is 0.130. The third-order valence-corrected chi connectivity index (χ3v) is 3.47. The van der Waals surface area contributed by atoms with E-state index >= 15 is 0 Å². The molecule has 1 heterocycles. The number of aromatic amines is 1. The van der Waals surface area contributed by atoms with Crippen molar-refractivity contribution in [2.45, 2.75) is 39.7 Å². The van der Waals surface area contributed by atoms with E-state index in [0.29, 0.717) is 12.4 Å². The van der Waals surface area contributed by atoms with Crippen LogP contribution in [0.5, 0.6) is 0 Å². The summed E-state index contributed by atoms with van der Waals surface area (Å²) in [5.74, 6) is 0.971. The van der Waals surface area contributed by atoms with Gasteiger partial charge in [-0.05, 0) is 18.3 Å². The highest BCUT2D eigenvalue weighted by Gasteiger charge is 2.39. The van der Waals surface area contributed by atoms with Crippen molar-refractivity contribution in [2.24, 2.45) is 11.3 Å². The van der Waals surface area contributed by atoms with E-state index in [9.17, 15) is 4.79 Å². The van der Waals surface area contributed by atoms with Crippen molar-refractivity contribution < 1.29 is 4.79 Å². The number of hydrogen-bond acceptors (Lipinski definition) is 3. The average Bonchev–Trinajstić information content (AvgIpc) is 2.83. The van der Waals surface area contributed by atoms with Gasteiger partial charge in [0.05, 0.1) is 6.54 Å². The van der Waals surface area contributed by atoms with E-state index < -0.39 is 0 Å². The molecular formula is C11H18N4O. The highest BCUT2D eigenvalue weighted by Crippen LogP contribution is 2.42. The quantitative estimate of drug-likeness (QED) is 0.808. The van der Waals surface area contributed by atoms with Gasteiger partial charge in [0.2, 0.25) is 5.91 Å². The fourth-order valence-corrected chi connectivity index (χ4v) is 2.42. The molecule has 1 atom stereocenters. The summed E-state index contributed by atoms with van der Waals surface area (Å²) in [5.41, 5.74) is 0.130. The van der Waals surface area contributed by atoms with E-state index in [1.807, 2.05) is 0 Å². The molecular weight excluding hydrogens is 204 g/mol. The Kier molecular flexibility index (Phi) is 2.94. The van der Waals surface area contributed by atoms with E-state index in [2.05, 4.69) is 34.3 Å². The number of rotatable bonds is 3. The zero-order valence-corrected chi connectivity index (χ0v) is 9.79. The van der Waals surface area contributed by atoms with Gasteiger partial charge >= 0.3 is 0 Å². The van der Waals surface area contributed by atoms with Gasteiger partial charge in [0.1, 0.15) is 12.2 Å². The summed E-state index contributed by atoms with van der Waals surface area (Å²) in [6.07, 6.45) is 4.72. The fourth-order valence-electron chi connectivity index (χ4n) is 2.42. The van der Waals surface area contributed by atoms with Crippen molar-refractivity contribution in [2.75, 3.05) is 0 Å². The Morgan fingerprint density at radius 3 is 3.06 bits per heavy atom. The largest absolute Gasteiger partial charge is 0.349 e. The Morgan fingerprint density at radius 2 is 2.50 bits per heavy atom. The number of hydrogen-bond donors (Lipinski definition) is 2. The Balaban J connectivity index is 1.89. The SMILES string of the molecule is CC1(C)CCCC1C(=O)NCc1ncn[nH]1. The molecule has 5 nitrogen and oxygen atoms in total. The van der Waals surface area contributed by atoms with Crippen LogP contribution in [-0.4, -0.2) is 21.1 Å². The molecule has 1 fully saturated rings. The molecule has 1 aliphatic rings. The number of carbonyl (C=O) groups is 1. The number of H-pyrrole nitrogens is 1. The number of nitrogens with zero attached hydrogens (tertiary/aromatic N) is 2. The van der Waals surface area contributed by atoms with Gasteiger partial charge in [0.15, 0.2) is 0 Å². The highest BCUT2D eigenvalue weighted by atomic mass is 16.1. The molecule has 5 heteroatoms. The monoisotopic (exact) mass is 222 g/mol. The summed E-state index contributed by atoms with van der Waals surface area (Å²) < 4.78 is 0. The van der Waals surface area contributed by atoms with E-state index in [4.69, 9.17) is 0 Å². The van der Waals surface area contributed by atoms with Gasteiger partial charge in [-0.25, -0.2) is 4.98 Å². The Bertz CT molecular complexity index is 358. The minimum absolute atomic E-state index is 0.130. The molecule has 1 aromatic rings. The molecule has 1 saturated carbocycles.